The fourth-order valence-electron chi connectivity index (χ4n) is 2.26. The van der Waals surface area contributed by atoms with Gasteiger partial charge in [-0.15, -0.1) is 0 Å². The molecule has 2 rings (SSSR count). The summed E-state index contributed by atoms with van der Waals surface area (Å²) in [6.45, 7) is 6.66. The number of carbonyl (C=O) groups excluding carboxylic acids is 1. The van der Waals surface area contributed by atoms with E-state index in [1.165, 1.54) is 12.4 Å². The van der Waals surface area contributed by atoms with E-state index in [1.807, 2.05) is 6.92 Å². The first kappa shape index (κ1) is 14.7. The van der Waals surface area contributed by atoms with Crippen LogP contribution in [0.4, 0.5) is 5.95 Å². The van der Waals surface area contributed by atoms with Gasteiger partial charge in [-0.3, -0.25) is 0 Å². The fraction of sp³-hybridized carbons (Fsp3) is 0.643. The van der Waals surface area contributed by atoms with Crippen LogP contribution in [0, 0.1) is 0 Å². The average molecular weight is 279 g/mol. The summed E-state index contributed by atoms with van der Waals surface area (Å²) in [5.74, 6) is 0.280. The molecule has 0 saturated carbocycles. The Bertz CT molecular complexity index is 428. The van der Waals surface area contributed by atoms with Crippen LogP contribution >= 0.6 is 0 Å². The zero-order valence-corrected chi connectivity index (χ0v) is 12.0. The zero-order chi connectivity index (χ0) is 14.4. The largest absolute Gasteiger partial charge is 0.462 e. The summed E-state index contributed by atoms with van der Waals surface area (Å²) in [5.41, 5.74) is 0.389. The second-order valence-corrected chi connectivity index (χ2v) is 4.63. The predicted octanol–water partition coefficient (Wildman–Crippen LogP) is 1.66. The maximum Gasteiger partial charge on any atom is 0.341 e. The lowest BCUT2D eigenvalue weighted by Gasteiger charge is -2.31. The predicted molar refractivity (Wildman–Crippen MR) is 74.8 cm³/mol. The second kappa shape index (κ2) is 7.19. The van der Waals surface area contributed by atoms with Crippen molar-refractivity contribution in [3.05, 3.63) is 18.0 Å². The molecule has 0 amide bonds. The second-order valence-electron chi connectivity index (χ2n) is 4.63. The standard InChI is InChI=1S/C14H21N3O3/c1-3-19-12-5-7-17(8-6-12)14-15-9-11(10-16-14)13(18)20-4-2/h9-10,12H,3-8H2,1-2H3. The highest BCUT2D eigenvalue weighted by molar-refractivity contribution is 5.88. The van der Waals surface area contributed by atoms with Gasteiger partial charge in [0.15, 0.2) is 0 Å². The number of anilines is 1. The molecule has 0 radical (unpaired) electrons. The first-order chi connectivity index (χ1) is 9.74. The molecule has 0 atom stereocenters. The average Bonchev–Trinajstić information content (AvgIpc) is 2.49. The van der Waals surface area contributed by atoms with Gasteiger partial charge in [-0.2, -0.15) is 0 Å². The van der Waals surface area contributed by atoms with Gasteiger partial charge in [0, 0.05) is 32.1 Å². The van der Waals surface area contributed by atoms with Gasteiger partial charge >= 0.3 is 5.97 Å². The van der Waals surface area contributed by atoms with Gasteiger partial charge in [0.1, 0.15) is 0 Å². The molecule has 6 nitrogen and oxygen atoms in total. The summed E-state index contributed by atoms with van der Waals surface area (Å²) in [5, 5.41) is 0. The van der Waals surface area contributed by atoms with Gasteiger partial charge < -0.3 is 14.4 Å². The highest BCUT2D eigenvalue weighted by Crippen LogP contribution is 2.18. The lowest BCUT2D eigenvalue weighted by molar-refractivity contribution is 0.0457. The van der Waals surface area contributed by atoms with Crippen molar-refractivity contribution in [3.8, 4) is 0 Å². The third-order valence-electron chi connectivity index (χ3n) is 3.28. The lowest BCUT2D eigenvalue weighted by atomic mass is 10.1. The molecular weight excluding hydrogens is 258 g/mol. The smallest absolute Gasteiger partial charge is 0.341 e. The van der Waals surface area contributed by atoms with Crippen molar-refractivity contribution in [2.24, 2.45) is 0 Å². The Balaban J connectivity index is 1.92. The molecule has 0 aromatic carbocycles. The van der Waals surface area contributed by atoms with Crippen molar-refractivity contribution in [1.29, 1.82) is 0 Å². The van der Waals surface area contributed by atoms with E-state index in [4.69, 9.17) is 9.47 Å². The third-order valence-corrected chi connectivity index (χ3v) is 3.28. The molecule has 0 unspecified atom stereocenters. The topological polar surface area (TPSA) is 64.5 Å². The minimum absolute atomic E-state index is 0.343. The summed E-state index contributed by atoms with van der Waals surface area (Å²) >= 11 is 0. The van der Waals surface area contributed by atoms with Crippen molar-refractivity contribution >= 4 is 11.9 Å². The van der Waals surface area contributed by atoms with Gasteiger partial charge in [0.05, 0.1) is 18.3 Å². The van der Waals surface area contributed by atoms with E-state index >= 15 is 0 Å². The van der Waals surface area contributed by atoms with Crippen LogP contribution in [0.5, 0.6) is 0 Å². The van der Waals surface area contributed by atoms with Crippen LogP contribution in [-0.4, -0.2) is 48.3 Å². The van der Waals surface area contributed by atoms with E-state index in [1.54, 1.807) is 6.92 Å². The van der Waals surface area contributed by atoms with Crippen LogP contribution in [0.2, 0.25) is 0 Å². The molecule has 6 heteroatoms. The van der Waals surface area contributed by atoms with Crippen molar-refractivity contribution in [1.82, 2.24) is 9.97 Å². The highest BCUT2D eigenvalue weighted by atomic mass is 16.5. The Hall–Kier alpha value is -1.69. The molecule has 20 heavy (non-hydrogen) atoms. The quantitative estimate of drug-likeness (QED) is 0.764. The monoisotopic (exact) mass is 279 g/mol. The molecule has 110 valence electrons. The molecule has 1 fully saturated rings. The van der Waals surface area contributed by atoms with Crippen LogP contribution < -0.4 is 4.90 Å². The van der Waals surface area contributed by atoms with Crippen molar-refractivity contribution < 1.29 is 14.3 Å². The molecule has 1 aliphatic heterocycles. The summed E-state index contributed by atoms with van der Waals surface area (Å²) < 4.78 is 10.5. The Labute approximate surface area is 119 Å². The first-order valence-electron chi connectivity index (χ1n) is 7.10. The van der Waals surface area contributed by atoms with E-state index in [-0.39, 0.29) is 5.97 Å². The number of aromatic nitrogens is 2. The molecule has 0 spiro atoms. The summed E-state index contributed by atoms with van der Waals surface area (Å²) in [7, 11) is 0. The Kier molecular flexibility index (Phi) is 5.29. The summed E-state index contributed by atoms with van der Waals surface area (Å²) in [6.07, 6.45) is 5.35. The highest BCUT2D eigenvalue weighted by Gasteiger charge is 2.21. The minimum Gasteiger partial charge on any atom is -0.462 e. The third kappa shape index (κ3) is 3.66. The van der Waals surface area contributed by atoms with Crippen LogP contribution in [0.15, 0.2) is 12.4 Å². The molecule has 2 heterocycles. The van der Waals surface area contributed by atoms with Gasteiger partial charge in [0.25, 0.3) is 0 Å². The first-order valence-corrected chi connectivity index (χ1v) is 7.10. The summed E-state index contributed by atoms with van der Waals surface area (Å²) in [4.78, 5) is 22.1. The number of hydrogen-bond acceptors (Lipinski definition) is 6. The number of esters is 1. The van der Waals surface area contributed by atoms with E-state index in [0.717, 1.165) is 32.5 Å². The molecule has 1 aromatic rings. The zero-order valence-electron chi connectivity index (χ0n) is 12.0. The van der Waals surface area contributed by atoms with E-state index in [9.17, 15) is 4.79 Å². The fourth-order valence-corrected chi connectivity index (χ4v) is 2.26. The number of rotatable bonds is 5. The van der Waals surface area contributed by atoms with E-state index in [2.05, 4.69) is 14.9 Å². The lowest BCUT2D eigenvalue weighted by Crippen LogP contribution is -2.38. The van der Waals surface area contributed by atoms with Crippen molar-refractivity contribution in [2.75, 3.05) is 31.2 Å². The number of hydrogen-bond donors (Lipinski definition) is 0. The molecule has 1 aromatic heterocycles. The molecular formula is C14H21N3O3. The molecule has 0 bridgehead atoms. The molecule has 0 N–H and O–H groups in total. The summed E-state index contributed by atoms with van der Waals surface area (Å²) in [6, 6.07) is 0. The molecule has 1 saturated heterocycles. The van der Waals surface area contributed by atoms with Crippen LogP contribution in [0.25, 0.3) is 0 Å². The SMILES string of the molecule is CCOC(=O)c1cnc(N2CCC(OCC)CC2)nc1. The van der Waals surface area contributed by atoms with Crippen LogP contribution in [-0.2, 0) is 9.47 Å². The van der Waals surface area contributed by atoms with Gasteiger partial charge in [-0.25, -0.2) is 14.8 Å². The normalized spacial score (nSPS) is 16.2. The minimum atomic E-state index is -0.380. The molecule has 0 aliphatic carbocycles. The number of nitrogens with zero attached hydrogens (tertiary/aromatic N) is 3. The Morgan fingerprint density at radius 3 is 2.45 bits per heavy atom. The van der Waals surface area contributed by atoms with Gasteiger partial charge in [0.2, 0.25) is 5.95 Å². The Morgan fingerprint density at radius 2 is 1.90 bits per heavy atom. The van der Waals surface area contributed by atoms with Crippen molar-refractivity contribution in [3.63, 3.8) is 0 Å². The van der Waals surface area contributed by atoms with Crippen LogP contribution in [0.1, 0.15) is 37.0 Å². The van der Waals surface area contributed by atoms with Gasteiger partial charge in [-0.1, -0.05) is 0 Å². The number of carbonyl (C=O) groups is 1. The van der Waals surface area contributed by atoms with Crippen molar-refractivity contribution in [2.45, 2.75) is 32.8 Å². The maximum absolute atomic E-state index is 11.5. The van der Waals surface area contributed by atoms with E-state index in [0.29, 0.717) is 24.2 Å². The van der Waals surface area contributed by atoms with Crippen LogP contribution in [0.3, 0.4) is 0 Å². The number of piperidine rings is 1. The number of ether oxygens (including phenoxy) is 2. The Morgan fingerprint density at radius 1 is 1.25 bits per heavy atom. The van der Waals surface area contributed by atoms with Gasteiger partial charge in [-0.05, 0) is 26.7 Å². The maximum atomic E-state index is 11.5. The van der Waals surface area contributed by atoms with E-state index < -0.39 is 0 Å². The molecule has 1 aliphatic rings.